The molecule has 1 N–H and O–H groups in total. The Labute approximate surface area is 156 Å². The molecule has 1 aliphatic heterocycles. The minimum absolute atomic E-state index is 0.0430. The van der Waals surface area contributed by atoms with Gasteiger partial charge in [-0.1, -0.05) is 42.5 Å². The monoisotopic (exact) mass is 367 g/mol. The van der Waals surface area contributed by atoms with Crippen LogP contribution in [0.5, 0.6) is 0 Å². The molecule has 0 spiro atoms. The van der Waals surface area contributed by atoms with Crippen LogP contribution in [0.2, 0.25) is 0 Å². The Morgan fingerprint density at radius 1 is 1.04 bits per heavy atom. The van der Waals surface area contributed by atoms with Crippen molar-refractivity contribution in [1.29, 1.82) is 0 Å². The lowest BCUT2D eigenvalue weighted by molar-refractivity contribution is 0.0120. The molecule has 2 aromatic carbocycles. The number of morpholine rings is 1. The zero-order valence-electron chi connectivity index (χ0n) is 14.4. The number of aromatic nitrogens is 2. The predicted octanol–water partition coefficient (Wildman–Crippen LogP) is 3.13. The molecule has 134 valence electrons. The number of nitrogens with zero attached hydrogens (tertiary/aromatic N) is 2. The summed E-state index contributed by atoms with van der Waals surface area (Å²) in [5.74, 6) is 0. The van der Waals surface area contributed by atoms with Crippen LogP contribution < -0.4 is 5.56 Å². The Hall–Kier alpha value is -2.28. The summed E-state index contributed by atoms with van der Waals surface area (Å²) in [6.07, 6.45) is 0. The molecular formula is C20H21N3O2S. The van der Waals surface area contributed by atoms with E-state index < -0.39 is 0 Å². The second-order valence-corrected chi connectivity index (χ2v) is 6.85. The maximum atomic E-state index is 13.0. The van der Waals surface area contributed by atoms with Gasteiger partial charge in [0, 0.05) is 19.6 Å². The molecule has 0 aliphatic carbocycles. The Balaban J connectivity index is 1.77. The molecule has 26 heavy (non-hydrogen) atoms. The van der Waals surface area contributed by atoms with Crippen molar-refractivity contribution in [1.82, 2.24) is 14.5 Å². The number of H-pyrrole nitrogens is 1. The molecule has 0 unspecified atom stereocenters. The first-order chi connectivity index (χ1) is 12.7. The highest BCUT2D eigenvalue weighted by atomic mass is 32.1. The Morgan fingerprint density at radius 3 is 2.50 bits per heavy atom. The second kappa shape index (κ2) is 7.53. The van der Waals surface area contributed by atoms with Gasteiger partial charge in [-0.3, -0.25) is 14.3 Å². The molecule has 1 atom stereocenters. The molecule has 1 aromatic heterocycles. The van der Waals surface area contributed by atoms with Crippen LogP contribution in [0, 0.1) is 4.77 Å². The third-order valence-corrected chi connectivity index (χ3v) is 5.24. The highest BCUT2D eigenvalue weighted by Gasteiger charge is 2.24. The fourth-order valence-corrected chi connectivity index (χ4v) is 3.80. The third-order valence-electron chi connectivity index (χ3n) is 4.92. The molecule has 0 amide bonds. The van der Waals surface area contributed by atoms with Crippen LogP contribution in [0.15, 0.2) is 59.4 Å². The van der Waals surface area contributed by atoms with Crippen molar-refractivity contribution in [2.45, 2.75) is 12.6 Å². The lowest BCUT2D eigenvalue weighted by atomic mass is 10.0. The predicted molar refractivity (Wildman–Crippen MR) is 105 cm³/mol. The summed E-state index contributed by atoms with van der Waals surface area (Å²) in [6.45, 7) is 3.63. The van der Waals surface area contributed by atoms with E-state index in [4.69, 9.17) is 17.0 Å². The Bertz CT molecular complexity index is 1010. The summed E-state index contributed by atoms with van der Waals surface area (Å²) in [5, 5.41) is 0.662. The zero-order chi connectivity index (χ0) is 17.9. The number of fused-ring (bicyclic) bond motifs is 1. The average Bonchev–Trinajstić information content (AvgIpc) is 2.69. The van der Waals surface area contributed by atoms with Crippen LogP contribution in [-0.4, -0.2) is 40.8 Å². The maximum absolute atomic E-state index is 13.0. The topological polar surface area (TPSA) is 50.3 Å². The van der Waals surface area contributed by atoms with Gasteiger partial charge in [-0.05, 0) is 29.9 Å². The number of benzene rings is 2. The van der Waals surface area contributed by atoms with E-state index in [0.29, 0.717) is 29.9 Å². The van der Waals surface area contributed by atoms with E-state index in [9.17, 15) is 4.79 Å². The van der Waals surface area contributed by atoms with Gasteiger partial charge in [0.05, 0.1) is 30.2 Å². The van der Waals surface area contributed by atoms with Crippen LogP contribution in [0.25, 0.3) is 10.9 Å². The van der Waals surface area contributed by atoms with Crippen molar-refractivity contribution >= 4 is 23.1 Å². The summed E-state index contributed by atoms with van der Waals surface area (Å²) in [7, 11) is 0. The van der Waals surface area contributed by atoms with E-state index in [1.165, 1.54) is 5.56 Å². The van der Waals surface area contributed by atoms with Crippen molar-refractivity contribution in [2.75, 3.05) is 26.3 Å². The zero-order valence-corrected chi connectivity index (χ0v) is 15.2. The van der Waals surface area contributed by atoms with E-state index in [1.54, 1.807) is 4.57 Å². The number of para-hydroxylation sites is 1. The van der Waals surface area contributed by atoms with Gasteiger partial charge in [-0.2, -0.15) is 0 Å². The van der Waals surface area contributed by atoms with Gasteiger partial charge in [-0.25, -0.2) is 0 Å². The number of hydrogen-bond donors (Lipinski definition) is 1. The van der Waals surface area contributed by atoms with Gasteiger partial charge in [0.1, 0.15) is 0 Å². The van der Waals surface area contributed by atoms with Crippen molar-refractivity contribution in [3.8, 4) is 0 Å². The van der Waals surface area contributed by atoms with Crippen molar-refractivity contribution in [3.63, 3.8) is 0 Å². The quantitative estimate of drug-likeness (QED) is 0.720. The van der Waals surface area contributed by atoms with E-state index in [-0.39, 0.29) is 11.6 Å². The van der Waals surface area contributed by atoms with Gasteiger partial charge < -0.3 is 9.72 Å². The smallest absolute Gasteiger partial charge is 0.262 e. The van der Waals surface area contributed by atoms with Gasteiger partial charge in [-0.15, -0.1) is 0 Å². The van der Waals surface area contributed by atoms with Gasteiger partial charge in [0.15, 0.2) is 4.77 Å². The summed E-state index contributed by atoms with van der Waals surface area (Å²) in [5.41, 5.74) is 1.92. The van der Waals surface area contributed by atoms with Crippen molar-refractivity contribution in [2.24, 2.45) is 0 Å². The van der Waals surface area contributed by atoms with Gasteiger partial charge in [0.25, 0.3) is 5.56 Å². The van der Waals surface area contributed by atoms with E-state index in [1.807, 2.05) is 42.5 Å². The first kappa shape index (κ1) is 17.1. The van der Waals surface area contributed by atoms with E-state index in [2.05, 4.69) is 22.0 Å². The third kappa shape index (κ3) is 3.35. The van der Waals surface area contributed by atoms with E-state index >= 15 is 0 Å². The summed E-state index contributed by atoms with van der Waals surface area (Å²) in [6, 6.07) is 17.9. The van der Waals surface area contributed by atoms with E-state index in [0.717, 1.165) is 18.6 Å². The average molecular weight is 367 g/mol. The number of hydrogen-bond acceptors (Lipinski definition) is 4. The highest BCUT2D eigenvalue weighted by Crippen LogP contribution is 2.23. The lowest BCUT2D eigenvalue weighted by Gasteiger charge is -2.35. The molecular weight excluding hydrogens is 346 g/mol. The molecule has 0 saturated carbocycles. The largest absolute Gasteiger partial charge is 0.379 e. The van der Waals surface area contributed by atoms with Crippen LogP contribution in [0.1, 0.15) is 11.6 Å². The fraction of sp³-hybridized carbons (Fsp3) is 0.300. The molecule has 4 rings (SSSR count). The molecule has 2 heterocycles. The number of ether oxygens (including phenoxy) is 1. The minimum Gasteiger partial charge on any atom is -0.379 e. The summed E-state index contributed by atoms with van der Waals surface area (Å²) < 4.78 is 7.65. The first-order valence-corrected chi connectivity index (χ1v) is 9.23. The minimum atomic E-state index is -0.0430. The normalized spacial score (nSPS) is 16.6. The molecule has 1 saturated heterocycles. The lowest BCUT2D eigenvalue weighted by Crippen LogP contribution is -2.42. The van der Waals surface area contributed by atoms with Crippen LogP contribution in [-0.2, 0) is 11.3 Å². The molecule has 3 aromatic rings. The fourth-order valence-electron chi connectivity index (χ4n) is 3.53. The van der Waals surface area contributed by atoms with Crippen LogP contribution in [0.3, 0.4) is 0 Å². The highest BCUT2D eigenvalue weighted by molar-refractivity contribution is 7.71. The molecule has 1 fully saturated rings. The van der Waals surface area contributed by atoms with Crippen molar-refractivity contribution < 1.29 is 4.74 Å². The van der Waals surface area contributed by atoms with Crippen LogP contribution >= 0.6 is 12.2 Å². The summed E-state index contributed by atoms with van der Waals surface area (Å²) >= 11 is 5.50. The molecule has 5 nitrogen and oxygen atoms in total. The maximum Gasteiger partial charge on any atom is 0.262 e. The van der Waals surface area contributed by atoms with Gasteiger partial charge >= 0.3 is 0 Å². The van der Waals surface area contributed by atoms with Gasteiger partial charge in [0.2, 0.25) is 0 Å². The first-order valence-electron chi connectivity index (χ1n) is 8.82. The molecule has 0 radical (unpaired) electrons. The standard InChI is InChI=1S/C20H21N3O2S/c24-19-16-8-4-5-9-17(16)21-20(26)23(19)14-18(15-6-2-1-3-7-15)22-10-12-25-13-11-22/h1-9,18H,10-14H2,(H,21,26)/t18-/m1/s1. The molecule has 1 aliphatic rings. The van der Waals surface area contributed by atoms with Crippen molar-refractivity contribution in [3.05, 3.63) is 75.3 Å². The van der Waals surface area contributed by atoms with Crippen LogP contribution in [0.4, 0.5) is 0 Å². The SMILES string of the molecule is O=c1c2ccccc2[nH]c(=S)n1C[C@H](c1ccccc1)N1CCOCC1. The number of aromatic amines is 1. The molecule has 0 bridgehead atoms. The molecule has 6 heteroatoms. The Kier molecular flexibility index (Phi) is 4.97. The second-order valence-electron chi connectivity index (χ2n) is 6.47. The summed E-state index contributed by atoms with van der Waals surface area (Å²) in [4.78, 5) is 18.6. The Morgan fingerprint density at radius 2 is 1.73 bits per heavy atom. The number of nitrogens with one attached hydrogen (secondary N) is 1. The number of rotatable bonds is 4.